The molecule has 3 aromatic rings. The topological polar surface area (TPSA) is 90.9 Å². The normalized spacial score (nSPS) is 10.9. The number of hydrogen-bond acceptors (Lipinski definition) is 6. The lowest BCUT2D eigenvalue weighted by molar-refractivity contribution is 0.0448. The van der Waals surface area contributed by atoms with Crippen LogP contribution in [0.1, 0.15) is 10.4 Å². The number of hydrogen-bond donors (Lipinski definition) is 1. The number of benzene rings is 3. The van der Waals surface area contributed by atoms with Crippen LogP contribution >= 0.6 is 0 Å². The van der Waals surface area contributed by atoms with Crippen LogP contribution in [0.4, 0.5) is 10.1 Å². The van der Waals surface area contributed by atoms with Gasteiger partial charge in [0.25, 0.3) is 10.0 Å². The summed E-state index contributed by atoms with van der Waals surface area (Å²) < 4.78 is 56.8. The minimum Gasteiger partial charge on any atom is -0.495 e. The Morgan fingerprint density at radius 2 is 1.65 bits per heavy atom. The Kier molecular flexibility index (Phi) is 7.09. The van der Waals surface area contributed by atoms with Gasteiger partial charge in [0.05, 0.1) is 23.3 Å². The fourth-order valence-corrected chi connectivity index (χ4v) is 3.77. The van der Waals surface area contributed by atoms with E-state index in [0.29, 0.717) is 5.75 Å². The second kappa shape index (κ2) is 9.94. The summed E-state index contributed by atoms with van der Waals surface area (Å²) in [6.45, 7) is -0.191. The van der Waals surface area contributed by atoms with Crippen LogP contribution in [0.3, 0.4) is 0 Å². The number of carbonyl (C=O) groups excluding carboxylic acids is 1. The Morgan fingerprint density at radius 1 is 0.935 bits per heavy atom. The molecule has 0 aliphatic heterocycles. The van der Waals surface area contributed by atoms with E-state index < -0.39 is 21.8 Å². The number of para-hydroxylation sites is 3. The van der Waals surface area contributed by atoms with Crippen molar-refractivity contribution in [3.63, 3.8) is 0 Å². The standard InChI is InChI=1S/C22H20FNO6S/c1-28-21-12-5-3-10-19(21)24-31(26,27)17-8-6-7-16(15-17)22(25)30-14-13-29-20-11-4-2-9-18(20)23/h2-12,15,24H,13-14H2,1H3. The molecule has 0 fully saturated rings. The number of methoxy groups -OCH3 is 1. The molecule has 0 bridgehead atoms. The van der Waals surface area contributed by atoms with Gasteiger partial charge in [-0.2, -0.15) is 0 Å². The zero-order valence-corrected chi connectivity index (χ0v) is 17.4. The van der Waals surface area contributed by atoms with Gasteiger partial charge in [-0.15, -0.1) is 0 Å². The molecule has 0 atom stereocenters. The van der Waals surface area contributed by atoms with Crippen molar-refractivity contribution in [1.82, 2.24) is 0 Å². The van der Waals surface area contributed by atoms with Crippen molar-refractivity contribution in [2.24, 2.45) is 0 Å². The highest BCUT2D eigenvalue weighted by atomic mass is 32.2. The first-order valence-electron chi connectivity index (χ1n) is 9.21. The van der Waals surface area contributed by atoms with E-state index >= 15 is 0 Å². The van der Waals surface area contributed by atoms with Crippen LogP contribution < -0.4 is 14.2 Å². The number of ether oxygens (including phenoxy) is 3. The molecule has 1 N–H and O–H groups in total. The van der Waals surface area contributed by atoms with Crippen molar-refractivity contribution in [1.29, 1.82) is 0 Å². The average Bonchev–Trinajstić information content (AvgIpc) is 2.78. The summed E-state index contributed by atoms with van der Waals surface area (Å²) in [7, 11) is -2.54. The summed E-state index contributed by atoms with van der Waals surface area (Å²) >= 11 is 0. The van der Waals surface area contributed by atoms with E-state index in [1.54, 1.807) is 30.3 Å². The van der Waals surface area contributed by atoms with Crippen molar-refractivity contribution in [2.75, 3.05) is 25.0 Å². The third-order valence-corrected chi connectivity index (χ3v) is 5.51. The molecule has 31 heavy (non-hydrogen) atoms. The van der Waals surface area contributed by atoms with E-state index in [0.717, 1.165) is 0 Å². The van der Waals surface area contributed by atoms with Crippen LogP contribution in [0.2, 0.25) is 0 Å². The lowest BCUT2D eigenvalue weighted by atomic mass is 10.2. The molecule has 0 unspecified atom stereocenters. The quantitative estimate of drug-likeness (QED) is 0.397. The smallest absolute Gasteiger partial charge is 0.338 e. The minimum absolute atomic E-state index is 0.0498. The summed E-state index contributed by atoms with van der Waals surface area (Å²) in [5, 5.41) is 0. The minimum atomic E-state index is -3.97. The maximum absolute atomic E-state index is 13.5. The second-order valence-corrected chi connectivity index (χ2v) is 7.93. The number of rotatable bonds is 9. The maximum atomic E-state index is 13.5. The lowest BCUT2D eigenvalue weighted by Crippen LogP contribution is -2.16. The first-order chi connectivity index (χ1) is 14.9. The first-order valence-corrected chi connectivity index (χ1v) is 10.7. The molecule has 3 aromatic carbocycles. The van der Waals surface area contributed by atoms with Gasteiger partial charge in [-0.3, -0.25) is 4.72 Å². The number of sulfonamides is 1. The molecule has 0 heterocycles. The van der Waals surface area contributed by atoms with Crippen LogP contribution in [0.5, 0.6) is 11.5 Å². The van der Waals surface area contributed by atoms with Gasteiger partial charge in [0, 0.05) is 0 Å². The zero-order valence-electron chi connectivity index (χ0n) is 16.6. The van der Waals surface area contributed by atoms with Gasteiger partial charge in [0.2, 0.25) is 0 Å². The Bertz CT molecular complexity index is 1170. The van der Waals surface area contributed by atoms with E-state index in [2.05, 4.69) is 4.72 Å². The van der Waals surface area contributed by atoms with Crippen molar-refractivity contribution < 1.29 is 31.8 Å². The predicted molar refractivity (Wildman–Crippen MR) is 112 cm³/mol. The second-order valence-electron chi connectivity index (χ2n) is 6.25. The number of nitrogens with one attached hydrogen (secondary N) is 1. The van der Waals surface area contributed by atoms with Crippen LogP contribution in [-0.4, -0.2) is 34.7 Å². The molecule has 3 rings (SSSR count). The summed E-state index contributed by atoms with van der Waals surface area (Å²) in [6, 6.07) is 17.9. The van der Waals surface area contributed by atoms with Crippen molar-refractivity contribution >= 4 is 21.7 Å². The molecule has 0 amide bonds. The monoisotopic (exact) mass is 445 g/mol. The van der Waals surface area contributed by atoms with E-state index in [9.17, 15) is 17.6 Å². The molecule has 0 saturated heterocycles. The zero-order chi connectivity index (χ0) is 22.3. The lowest BCUT2D eigenvalue weighted by Gasteiger charge is -2.12. The average molecular weight is 445 g/mol. The largest absolute Gasteiger partial charge is 0.495 e. The van der Waals surface area contributed by atoms with E-state index in [4.69, 9.17) is 14.2 Å². The molecule has 0 radical (unpaired) electrons. The molecule has 162 valence electrons. The SMILES string of the molecule is COc1ccccc1NS(=O)(=O)c1cccc(C(=O)OCCOc2ccccc2F)c1. The van der Waals surface area contributed by atoms with Gasteiger partial charge in [0.15, 0.2) is 11.6 Å². The Hall–Kier alpha value is -3.59. The maximum Gasteiger partial charge on any atom is 0.338 e. The van der Waals surface area contributed by atoms with E-state index in [1.807, 2.05) is 0 Å². The molecule has 0 spiro atoms. The number of carbonyl (C=O) groups is 1. The molecular formula is C22H20FNO6S. The van der Waals surface area contributed by atoms with Crippen LogP contribution in [0.25, 0.3) is 0 Å². The number of halogens is 1. The van der Waals surface area contributed by atoms with Crippen LogP contribution in [0, 0.1) is 5.82 Å². The molecule has 0 aromatic heterocycles. The van der Waals surface area contributed by atoms with Gasteiger partial charge in [-0.05, 0) is 42.5 Å². The van der Waals surface area contributed by atoms with Crippen LogP contribution in [-0.2, 0) is 14.8 Å². The summed E-state index contributed by atoms with van der Waals surface area (Å²) in [6.07, 6.45) is 0. The third-order valence-electron chi connectivity index (χ3n) is 4.14. The highest BCUT2D eigenvalue weighted by Crippen LogP contribution is 2.26. The third kappa shape index (κ3) is 5.73. The number of esters is 1. The molecule has 0 saturated carbocycles. The van der Waals surface area contributed by atoms with Gasteiger partial charge >= 0.3 is 5.97 Å². The van der Waals surface area contributed by atoms with Gasteiger partial charge < -0.3 is 14.2 Å². The molecular weight excluding hydrogens is 425 g/mol. The summed E-state index contributed by atoms with van der Waals surface area (Å²) in [4.78, 5) is 12.2. The molecule has 9 heteroatoms. The highest BCUT2D eigenvalue weighted by Gasteiger charge is 2.18. The highest BCUT2D eigenvalue weighted by molar-refractivity contribution is 7.92. The molecule has 0 aliphatic carbocycles. The van der Waals surface area contributed by atoms with Crippen molar-refractivity contribution in [3.8, 4) is 11.5 Å². The fraction of sp³-hybridized carbons (Fsp3) is 0.136. The Balaban J connectivity index is 1.63. The van der Waals surface area contributed by atoms with Crippen molar-refractivity contribution in [3.05, 3.63) is 84.2 Å². The van der Waals surface area contributed by atoms with E-state index in [1.165, 1.54) is 49.6 Å². The van der Waals surface area contributed by atoms with Gasteiger partial charge in [-0.25, -0.2) is 17.6 Å². The fourth-order valence-electron chi connectivity index (χ4n) is 2.65. The first kappa shape index (κ1) is 22.1. The Morgan fingerprint density at radius 3 is 2.39 bits per heavy atom. The molecule has 0 aliphatic rings. The van der Waals surface area contributed by atoms with Crippen LogP contribution in [0.15, 0.2) is 77.7 Å². The summed E-state index contributed by atoms with van der Waals surface area (Å²) in [5.74, 6) is -0.841. The molecule has 7 nitrogen and oxygen atoms in total. The van der Waals surface area contributed by atoms with Crippen molar-refractivity contribution in [2.45, 2.75) is 4.90 Å². The Labute approximate surface area is 179 Å². The number of anilines is 1. The van der Waals surface area contributed by atoms with E-state index in [-0.39, 0.29) is 35.1 Å². The van der Waals surface area contributed by atoms with Gasteiger partial charge in [-0.1, -0.05) is 30.3 Å². The summed E-state index contributed by atoms with van der Waals surface area (Å²) in [5.41, 5.74) is 0.317. The van der Waals surface area contributed by atoms with Gasteiger partial charge in [0.1, 0.15) is 19.0 Å². The predicted octanol–water partition coefficient (Wildman–Crippen LogP) is 3.87.